The highest BCUT2D eigenvalue weighted by Crippen LogP contribution is 2.33. The molecule has 1 N–H and O–H groups in total. The summed E-state index contributed by atoms with van der Waals surface area (Å²) in [4.78, 5) is 46.0. The van der Waals surface area contributed by atoms with Crippen LogP contribution in [0, 0.1) is 11.3 Å². The van der Waals surface area contributed by atoms with E-state index in [1.54, 1.807) is 69.5 Å². The Kier molecular flexibility index (Phi) is 10.1. The fourth-order valence-corrected chi connectivity index (χ4v) is 8.84. The Morgan fingerprint density at radius 1 is 0.926 bits per heavy atom. The lowest BCUT2D eigenvalue weighted by atomic mass is 9.97. The number of aromatic nitrogens is 1. The van der Waals surface area contributed by atoms with Gasteiger partial charge in [-0.15, -0.1) is 6.58 Å². The standard InChI is InChI=1S/C41H38N6O6S/c1-2-22-44-28-39(50)46-36(23-30-16-19-33(48)20-17-30)41(51)43(27-37(46)47(44)38(49)21-18-29-10-5-3-6-11-29)25-31-12-9-15-35-32(24-42)26-45(40(31)35)54(52,53)34-13-7-4-8-14-34/h2-17,19-20,26,36-37,48H,1,18,21-23,25,27-28H2/t36-,37-/m0/s1. The Hall–Kier alpha value is -6.23. The highest BCUT2D eigenvalue weighted by Gasteiger charge is 2.51. The third kappa shape index (κ3) is 6.84. The van der Waals surface area contributed by atoms with Gasteiger partial charge in [0.25, 0.3) is 10.0 Å². The van der Waals surface area contributed by atoms with Crippen molar-refractivity contribution in [3.63, 3.8) is 0 Å². The summed E-state index contributed by atoms with van der Waals surface area (Å²) >= 11 is 0. The van der Waals surface area contributed by atoms with Gasteiger partial charge in [-0.25, -0.2) is 22.4 Å². The van der Waals surface area contributed by atoms with Crippen LogP contribution in [0.25, 0.3) is 10.9 Å². The van der Waals surface area contributed by atoms with Gasteiger partial charge in [-0.2, -0.15) is 5.26 Å². The number of fused-ring (bicyclic) bond motifs is 2. The van der Waals surface area contributed by atoms with E-state index < -0.39 is 22.2 Å². The lowest BCUT2D eigenvalue weighted by Gasteiger charge is -2.55. The maximum absolute atomic E-state index is 14.7. The quantitative estimate of drug-likeness (QED) is 0.196. The topological polar surface area (TPSA) is 147 Å². The first-order valence-corrected chi connectivity index (χ1v) is 19.0. The van der Waals surface area contributed by atoms with Gasteiger partial charge >= 0.3 is 0 Å². The normalized spacial score (nSPS) is 17.7. The molecule has 13 heteroatoms. The number of aromatic hydroxyl groups is 1. The van der Waals surface area contributed by atoms with E-state index in [0.717, 1.165) is 9.54 Å². The zero-order valence-electron chi connectivity index (χ0n) is 29.4. The summed E-state index contributed by atoms with van der Waals surface area (Å²) < 4.78 is 29.1. The van der Waals surface area contributed by atoms with E-state index >= 15 is 0 Å². The molecule has 0 radical (unpaired) electrons. The summed E-state index contributed by atoms with van der Waals surface area (Å²) in [5, 5.41) is 23.6. The van der Waals surface area contributed by atoms with Crippen LogP contribution in [0.3, 0.4) is 0 Å². The van der Waals surface area contributed by atoms with E-state index in [2.05, 4.69) is 12.6 Å². The van der Waals surface area contributed by atoms with Crippen molar-refractivity contribution in [2.75, 3.05) is 19.6 Å². The van der Waals surface area contributed by atoms with E-state index in [-0.39, 0.29) is 78.5 Å². The lowest BCUT2D eigenvalue weighted by molar-refractivity contribution is -0.205. The van der Waals surface area contributed by atoms with Gasteiger partial charge in [0.2, 0.25) is 17.7 Å². The van der Waals surface area contributed by atoms with Crippen LogP contribution in [0.15, 0.2) is 127 Å². The molecule has 274 valence electrons. The van der Waals surface area contributed by atoms with Gasteiger partial charge in [-0.05, 0) is 47.4 Å². The molecule has 2 fully saturated rings. The number of nitrogens with zero attached hydrogens (tertiary/aromatic N) is 6. The number of phenolic OH excluding ortho intramolecular Hbond substituents is 1. The Labute approximate surface area is 313 Å². The summed E-state index contributed by atoms with van der Waals surface area (Å²) in [6.07, 6.45) is 2.75. The number of para-hydroxylation sites is 1. The van der Waals surface area contributed by atoms with Crippen molar-refractivity contribution in [1.82, 2.24) is 23.8 Å². The maximum Gasteiger partial charge on any atom is 0.268 e. The van der Waals surface area contributed by atoms with E-state index in [1.165, 1.54) is 35.4 Å². The van der Waals surface area contributed by atoms with Crippen LogP contribution < -0.4 is 0 Å². The number of carbonyl (C=O) groups excluding carboxylic acids is 3. The van der Waals surface area contributed by atoms with Crippen molar-refractivity contribution in [3.8, 4) is 11.8 Å². The molecule has 2 saturated heterocycles. The number of benzene rings is 4. The number of carbonyl (C=O) groups is 3. The number of hydrazine groups is 1. The minimum Gasteiger partial charge on any atom is -0.508 e. The van der Waals surface area contributed by atoms with E-state index in [0.29, 0.717) is 22.9 Å². The first-order chi connectivity index (χ1) is 26.1. The third-order valence-electron chi connectivity index (χ3n) is 9.92. The highest BCUT2D eigenvalue weighted by molar-refractivity contribution is 7.90. The van der Waals surface area contributed by atoms with Crippen LogP contribution in [0.5, 0.6) is 5.75 Å². The zero-order chi connectivity index (χ0) is 38.0. The molecule has 0 aliphatic carbocycles. The molecule has 5 aromatic rings. The monoisotopic (exact) mass is 742 g/mol. The highest BCUT2D eigenvalue weighted by atomic mass is 32.2. The molecule has 4 aromatic carbocycles. The van der Waals surface area contributed by atoms with E-state index in [9.17, 15) is 33.2 Å². The van der Waals surface area contributed by atoms with Crippen LogP contribution in [-0.2, 0) is 43.8 Å². The molecule has 3 amide bonds. The summed E-state index contributed by atoms with van der Waals surface area (Å²) in [5.74, 6) is -0.891. The molecular weight excluding hydrogens is 705 g/mol. The van der Waals surface area contributed by atoms with Crippen molar-refractivity contribution in [1.29, 1.82) is 5.26 Å². The minimum atomic E-state index is -4.16. The molecule has 0 bridgehead atoms. The number of rotatable bonds is 11. The van der Waals surface area contributed by atoms with Crippen molar-refractivity contribution in [2.45, 2.75) is 42.9 Å². The molecule has 1 aromatic heterocycles. The summed E-state index contributed by atoms with van der Waals surface area (Å²) in [7, 11) is -4.16. The third-order valence-corrected chi connectivity index (χ3v) is 11.6. The van der Waals surface area contributed by atoms with Gasteiger partial charge in [0.05, 0.1) is 29.1 Å². The molecule has 2 aliphatic rings. The van der Waals surface area contributed by atoms with Crippen LogP contribution in [0.2, 0.25) is 0 Å². The molecular formula is C41H38N6O6S. The number of piperazine rings is 1. The van der Waals surface area contributed by atoms with Crippen LogP contribution >= 0.6 is 0 Å². The van der Waals surface area contributed by atoms with Crippen LogP contribution in [0.1, 0.15) is 28.7 Å². The van der Waals surface area contributed by atoms with E-state index in [4.69, 9.17) is 0 Å². The summed E-state index contributed by atoms with van der Waals surface area (Å²) in [6, 6.07) is 30.1. The van der Waals surface area contributed by atoms with Crippen molar-refractivity contribution in [2.24, 2.45) is 0 Å². The van der Waals surface area contributed by atoms with Gasteiger partial charge in [0.1, 0.15) is 24.0 Å². The predicted molar refractivity (Wildman–Crippen MR) is 201 cm³/mol. The van der Waals surface area contributed by atoms with Crippen LogP contribution in [-0.4, -0.2) is 86.9 Å². The Bertz CT molecular complexity index is 2370. The number of phenols is 1. The number of hydrogen-bond donors (Lipinski definition) is 1. The Morgan fingerprint density at radius 2 is 1.63 bits per heavy atom. The molecule has 0 saturated carbocycles. The van der Waals surface area contributed by atoms with Crippen molar-refractivity contribution in [3.05, 3.63) is 144 Å². The van der Waals surface area contributed by atoms with E-state index in [1.807, 2.05) is 30.3 Å². The molecule has 2 aliphatic heterocycles. The largest absolute Gasteiger partial charge is 0.508 e. The minimum absolute atomic E-state index is 0.0348. The second kappa shape index (κ2) is 15.0. The van der Waals surface area contributed by atoms with Crippen molar-refractivity contribution < 1.29 is 27.9 Å². The molecule has 0 spiro atoms. The molecule has 7 rings (SSSR count). The number of aryl methyl sites for hydroxylation is 1. The van der Waals surface area contributed by atoms with Gasteiger partial charge in [-0.1, -0.05) is 84.9 Å². The number of hydrogen-bond acceptors (Lipinski definition) is 8. The summed E-state index contributed by atoms with van der Waals surface area (Å²) in [6.45, 7) is 3.79. The molecule has 2 atom stereocenters. The SMILES string of the molecule is C=CCN1CC(=O)N2[C@@H](Cc3ccc(O)cc3)C(=O)N(Cc3cccc4c(C#N)cn(S(=O)(=O)c5ccccc5)c34)C[C@@H]2N1C(=O)CCc1ccccc1. The van der Waals surface area contributed by atoms with Crippen molar-refractivity contribution >= 4 is 38.6 Å². The van der Waals surface area contributed by atoms with Gasteiger partial charge in [-0.3, -0.25) is 14.4 Å². The average Bonchev–Trinajstić information content (AvgIpc) is 3.58. The Balaban J connectivity index is 1.31. The maximum atomic E-state index is 14.7. The zero-order valence-corrected chi connectivity index (χ0v) is 30.2. The Morgan fingerprint density at radius 3 is 2.31 bits per heavy atom. The fourth-order valence-electron chi connectivity index (χ4n) is 7.41. The first-order valence-electron chi connectivity index (χ1n) is 17.5. The summed E-state index contributed by atoms with van der Waals surface area (Å²) in [5.41, 5.74) is 2.55. The average molecular weight is 743 g/mol. The fraction of sp³-hybridized carbons (Fsp3) is 0.220. The van der Waals surface area contributed by atoms with Gasteiger partial charge < -0.3 is 14.9 Å². The number of nitriles is 1. The second-order valence-corrected chi connectivity index (χ2v) is 15.1. The predicted octanol–water partition coefficient (Wildman–Crippen LogP) is 4.44. The van der Waals surface area contributed by atoms with Crippen LogP contribution in [0.4, 0.5) is 0 Å². The second-order valence-electron chi connectivity index (χ2n) is 13.3. The lowest BCUT2D eigenvalue weighted by Crippen LogP contribution is -2.75. The van der Waals surface area contributed by atoms with Gasteiger partial charge in [0, 0.05) is 37.5 Å². The van der Waals surface area contributed by atoms with Gasteiger partial charge in [0.15, 0.2) is 0 Å². The molecule has 54 heavy (non-hydrogen) atoms. The molecule has 0 unspecified atom stereocenters. The molecule has 3 heterocycles. The molecule has 12 nitrogen and oxygen atoms in total. The number of amides is 3. The first kappa shape index (κ1) is 36.1. The smallest absolute Gasteiger partial charge is 0.268 e.